The number of nitrogens with one attached hydrogen (secondary N) is 1. The summed E-state index contributed by atoms with van der Waals surface area (Å²) in [6, 6.07) is 2.86. The van der Waals surface area contributed by atoms with Crippen molar-refractivity contribution in [2.75, 3.05) is 0 Å². The van der Waals surface area contributed by atoms with Gasteiger partial charge in [0.2, 0.25) is 0 Å². The van der Waals surface area contributed by atoms with Crippen LogP contribution in [0.2, 0.25) is 0 Å². The van der Waals surface area contributed by atoms with E-state index in [1.165, 1.54) is 25.7 Å². The largest absolute Gasteiger partial charge is 0.375 e. The van der Waals surface area contributed by atoms with Gasteiger partial charge in [-0.15, -0.1) is 0 Å². The maximum Gasteiger partial charge on any atom is 0.109 e. The molecular weight excluding hydrogens is 260 g/mol. The Balaban J connectivity index is 2.39. The van der Waals surface area contributed by atoms with Crippen molar-refractivity contribution in [2.24, 2.45) is 0 Å². The van der Waals surface area contributed by atoms with Crippen LogP contribution in [0.5, 0.6) is 0 Å². The summed E-state index contributed by atoms with van der Waals surface area (Å²) in [5.41, 5.74) is -0.376. The lowest BCUT2D eigenvalue weighted by molar-refractivity contribution is -0.0391. The summed E-state index contributed by atoms with van der Waals surface area (Å²) in [4.78, 5) is 0. The normalized spacial score (nSPS) is 27.5. The second kappa shape index (κ2) is 9.43. The zero-order valence-electron chi connectivity index (χ0n) is 14.5. The molecule has 0 bridgehead atoms. The van der Waals surface area contributed by atoms with Crippen molar-refractivity contribution in [3.8, 4) is 6.07 Å². The topological polar surface area (TPSA) is 45.0 Å². The SMILES string of the molecule is CCCCCCC(C)OC1CCCC(C#N)(NC(C)C)C1. The van der Waals surface area contributed by atoms with Gasteiger partial charge in [0.15, 0.2) is 0 Å². The van der Waals surface area contributed by atoms with Crippen LogP contribution in [0.4, 0.5) is 0 Å². The third-order valence-corrected chi connectivity index (χ3v) is 4.37. The van der Waals surface area contributed by atoms with Gasteiger partial charge in [0.05, 0.1) is 18.3 Å². The lowest BCUT2D eigenvalue weighted by atomic mass is 9.80. The summed E-state index contributed by atoms with van der Waals surface area (Å²) in [5, 5.41) is 13.0. The maximum atomic E-state index is 9.57. The van der Waals surface area contributed by atoms with Crippen LogP contribution in [0, 0.1) is 11.3 Å². The molecule has 3 unspecified atom stereocenters. The zero-order chi connectivity index (χ0) is 15.7. The average Bonchev–Trinajstić information content (AvgIpc) is 2.43. The molecule has 0 aromatic carbocycles. The van der Waals surface area contributed by atoms with E-state index in [9.17, 15) is 5.26 Å². The molecule has 0 aromatic heterocycles. The van der Waals surface area contributed by atoms with Gasteiger partial charge < -0.3 is 4.74 Å². The van der Waals surface area contributed by atoms with Crippen molar-refractivity contribution >= 4 is 0 Å². The van der Waals surface area contributed by atoms with Crippen LogP contribution >= 0.6 is 0 Å². The molecule has 3 atom stereocenters. The van der Waals surface area contributed by atoms with Crippen LogP contribution in [0.15, 0.2) is 0 Å². The minimum absolute atomic E-state index is 0.242. The van der Waals surface area contributed by atoms with Gasteiger partial charge in [-0.25, -0.2) is 0 Å². The van der Waals surface area contributed by atoms with Crippen LogP contribution in [0.25, 0.3) is 0 Å². The van der Waals surface area contributed by atoms with Crippen molar-refractivity contribution < 1.29 is 4.74 Å². The minimum Gasteiger partial charge on any atom is -0.375 e. The Morgan fingerprint density at radius 1 is 1.29 bits per heavy atom. The van der Waals surface area contributed by atoms with Crippen molar-refractivity contribution in [1.29, 1.82) is 5.26 Å². The Morgan fingerprint density at radius 2 is 2.05 bits per heavy atom. The molecule has 1 aliphatic carbocycles. The lowest BCUT2D eigenvalue weighted by Gasteiger charge is -2.38. The van der Waals surface area contributed by atoms with Crippen LogP contribution in [0.1, 0.15) is 85.5 Å². The molecule has 21 heavy (non-hydrogen) atoms. The molecule has 0 aromatic rings. The Bertz CT molecular complexity index is 324. The van der Waals surface area contributed by atoms with E-state index in [0.717, 1.165) is 32.1 Å². The molecule has 1 rings (SSSR count). The van der Waals surface area contributed by atoms with E-state index < -0.39 is 0 Å². The maximum absolute atomic E-state index is 9.57. The first-order valence-corrected chi connectivity index (χ1v) is 8.85. The van der Waals surface area contributed by atoms with E-state index in [2.05, 4.69) is 39.1 Å². The van der Waals surface area contributed by atoms with E-state index in [0.29, 0.717) is 12.1 Å². The molecule has 1 N–H and O–H groups in total. The molecule has 1 fully saturated rings. The molecule has 3 nitrogen and oxygen atoms in total. The highest BCUT2D eigenvalue weighted by molar-refractivity contribution is 5.10. The molecule has 0 spiro atoms. The number of ether oxygens (including phenoxy) is 1. The first kappa shape index (κ1) is 18.5. The predicted octanol–water partition coefficient (Wildman–Crippen LogP) is 4.56. The van der Waals surface area contributed by atoms with E-state index in [4.69, 9.17) is 4.74 Å². The fraction of sp³-hybridized carbons (Fsp3) is 0.944. The van der Waals surface area contributed by atoms with E-state index >= 15 is 0 Å². The molecule has 1 aliphatic rings. The van der Waals surface area contributed by atoms with Crippen LogP contribution < -0.4 is 5.32 Å². The number of hydrogen-bond donors (Lipinski definition) is 1. The molecule has 0 aliphatic heterocycles. The molecule has 1 saturated carbocycles. The van der Waals surface area contributed by atoms with Crippen molar-refractivity contribution in [1.82, 2.24) is 5.32 Å². The number of nitriles is 1. The highest BCUT2D eigenvalue weighted by atomic mass is 16.5. The summed E-state index contributed by atoms with van der Waals surface area (Å²) in [7, 11) is 0. The fourth-order valence-electron chi connectivity index (χ4n) is 3.41. The van der Waals surface area contributed by atoms with E-state index in [1.54, 1.807) is 0 Å². The first-order chi connectivity index (χ1) is 10.0. The number of unbranched alkanes of at least 4 members (excludes halogenated alkanes) is 3. The number of rotatable bonds is 9. The zero-order valence-corrected chi connectivity index (χ0v) is 14.5. The monoisotopic (exact) mass is 294 g/mol. The second-order valence-electron chi connectivity index (χ2n) is 7.01. The van der Waals surface area contributed by atoms with Crippen molar-refractivity contribution in [3.63, 3.8) is 0 Å². The summed E-state index contributed by atoms with van der Waals surface area (Å²) >= 11 is 0. The summed E-state index contributed by atoms with van der Waals surface area (Å²) in [6.45, 7) is 8.65. The molecule has 122 valence electrons. The average molecular weight is 294 g/mol. The van der Waals surface area contributed by atoms with E-state index in [-0.39, 0.29) is 11.6 Å². The third-order valence-electron chi connectivity index (χ3n) is 4.37. The Kier molecular flexibility index (Phi) is 8.29. The first-order valence-electron chi connectivity index (χ1n) is 8.85. The quantitative estimate of drug-likeness (QED) is 0.634. The molecule has 0 saturated heterocycles. The summed E-state index contributed by atoms with van der Waals surface area (Å²) in [5.74, 6) is 0. The van der Waals surface area contributed by atoms with Gasteiger partial charge in [-0.1, -0.05) is 32.6 Å². The minimum atomic E-state index is -0.376. The standard InChI is InChI=1S/C18H34N2O/c1-5-6-7-8-10-16(4)21-17-11-9-12-18(13-17,14-19)20-15(2)3/h15-17,20H,5-13H2,1-4H3. The van der Waals surface area contributed by atoms with Crippen LogP contribution in [-0.2, 0) is 4.74 Å². The summed E-state index contributed by atoms with van der Waals surface area (Å²) < 4.78 is 6.22. The highest BCUT2D eigenvalue weighted by Gasteiger charge is 2.37. The van der Waals surface area contributed by atoms with Gasteiger partial charge in [0.25, 0.3) is 0 Å². The second-order valence-corrected chi connectivity index (χ2v) is 7.01. The molecule has 0 amide bonds. The smallest absolute Gasteiger partial charge is 0.109 e. The fourth-order valence-corrected chi connectivity index (χ4v) is 3.41. The number of hydrogen-bond acceptors (Lipinski definition) is 3. The van der Waals surface area contributed by atoms with Crippen LogP contribution in [0.3, 0.4) is 0 Å². The predicted molar refractivity (Wildman–Crippen MR) is 88.2 cm³/mol. The van der Waals surface area contributed by atoms with Crippen molar-refractivity contribution in [2.45, 2.75) is 109 Å². The van der Waals surface area contributed by atoms with E-state index in [1.807, 2.05) is 0 Å². The highest BCUT2D eigenvalue weighted by Crippen LogP contribution is 2.31. The Labute approximate surface area is 131 Å². The van der Waals surface area contributed by atoms with Gasteiger partial charge in [-0.2, -0.15) is 5.26 Å². The van der Waals surface area contributed by atoms with Gasteiger partial charge >= 0.3 is 0 Å². The molecule has 3 heteroatoms. The van der Waals surface area contributed by atoms with Crippen molar-refractivity contribution in [3.05, 3.63) is 0 Å². The molecule has 0 heterocycles. The van der Waals surface area contributed by atoms with Gasteiger partial charge in [0, 0.05) is 12.5 Å². The Morgan fingerprint density at radius 3 is 2.67 bits per heavy atom. The van der Waals surface area contributed by atoms with Gasteiger partial charge in [-0.05, 0) is 46.5 Å². The van der Waals surface area contributed by atoms with Gasteiger partial charge in [-0.3, -0.25) is 5.32 Å². The summed E-state index contributed by atoms with van der Waals surface area (Å²) in [6.07, 6.45) is 10.9. The third kappa shape index (κ3) is 6.80. The molecule has 0 radical (unpaired) electrons. The lowest BCUT2D eigenvalue weighted by Crippen LogP contribution is -2.52. The molecular formula is C18H34N2O. The Hall–Kier alpha value is -0.590. The van der Waals surface area contributed by atoms with Gasteiger partial charge in [0.1, 0.15) is 5.54 Å². The number of nitrogens with zero attached hydrogens (tertiary/aromatic N) is 1. The van der Waals surface area contributed by atoms with Crippen LogP contribution in [-0.4, -0.2) is 23.8 Å².